The van der Waals surface area contributed by atoms with Crippen LogP contribution < -0.4 is 26.9 Å². The molecular weight excluding hydrogens is 827 g/mol. The van der Waals surface area contributed by atoms with Gasteiger partial charge in [0, 0.05) is 58.9 Å². The third-order valence-corrected chi connectivity index (χ3v) is 8.83. The number of amides is 2. The van der Waals surface area contributed by atoms with E-state index < -0.39 is 29.0 Å². The van der Waals surface area contributed by atoms with Gasteiger partial charge in [-0.1, -0.05) is 40.2 Å². The molecule has 17 nitrogen and oxygen atoms in total. The third-order valence-electron chi connectivity index (χ3n) is 8.83. The molecule has 1 spiro atoms. The summed E-state index contributed by atoms with van der Waals surface area (Å²) in [5.74, 6) is 4.80. The number of carbonyl (C=O) groups is 4. The Labute approximate surface area is 377 Å². The molecule has 0 aromatic heterocycles. The molecule has 0 saturated heterocycles. The Morgan fingerprint density at radius 1 is 0.859 bits per heavy atom. The molecule has 2 aliphatic rings. The van der Waals surface area contributed by atoms with Crippen LogP contribution in [0.15, 0.2) is 66.5 Å². The number of ether oxygens (including phenoxy) is 6. The first kappa shape index (κ1) is 54.4. The number of nitrogens with one attached hydrogen (secondary N) is 2. The zero-order valence-corrected chi connectivity index (χ0v) is 38.8. The van der Waals surface area contributed by atoms with E-state index in [1.807, 2.05) is 41.5 Å². The van der Waals surface area contributed by atoms with Crippen LogP contribution in [-0.4, -0.2) is 104 Å². The Balaban J connectivity index is 0.000000450. The molecule has 5 rings (SSSR count). The molecule has 2 heterocycles. The molecule has 2 aliphatic heterocycles. The fourth-order valence-electron chi connectivity index (χ4n) is 5.68. The lowest BCUT2D eigenvalue weighted by molar-refractivity contribution is -0.132. The van der Waals surface area contributed by atoms with Gasteiger partial charge in [-0.25, -0.2) is 10.6 Å². The van der Waals surface area contributed by atoms with E-state index >= 15 is 0 Å². The number of aromatic hydroxyl groups is 2. The predicted octanol–water partition coefficient (Wildman–Crippen LogP) is 6.24. The minimum absolute atomic E-state index is 0.0397. The quantitative estimate of drug-likeness (QED) is 0.0272. The predicted molar refractivity (Wildman–Crippen MR) is 244 cm³/mol. The molecule has 3 aromatic rings. The van der Waals surface area contributed by atoms with Crippen LogP contribution in [0.2, 0.25) is 0 Å². The summed E-state index contributed by atoms with van der Waals surface area (Å²) in [4.78, 5) is 47.3. The van der Waals surface area contributed by atoms with E-state index in [9.17, 15) is 29.4 Å². The van der Waals surface area contributed by atoms with Crippen molar-refractivity contribution in [3.63, 3.8) is 0 Å². The fourth-order valence-corrected chi connectivity index (χ4v) is 5.68. The van der Waals surface area contributed by atoms with Crippen LogP contribution in [0.4, 0.5) is 5.69 Å². The van der Waals surface area contributed by atoms with Crippen molar-refractivity contribution in [2.75, 3.05) is 64.7 Å². The average molecular weight is 896 g/mol. The highest BCUT2D eigenvalue weighted by atomic mass is 16.6. The lowest BCUT2D eigenvalue weighted by Gasteiger charge is -2.36. The topological polar surface area (TPSA) is 243 Å². The van der Waals surface area contributed by atoms with Crippen LogP contribution in [0.3, 0.4) is 0 Å². The lowest BCUT2D eigenvalue weighted by atomic mass is 9.77. The van der Waals surface area contributed by atoms with Gasteiger partial charge in [-0.05, 0) is 77.4 Å². The van der Waals surface area contributed by atoms with Crippen molar-refractivity contribution in [1.82, 2.24) is 10.3 Å². The summed E-state index contributed by atoms with van der Waals surface area (Å²) in [6.07, 6.45) is 4.85. The van der Waals surface area contributed by atoms with Crippen molar-refractivity contribution in [2.45, 2.75) is 86.4 Å². The zero-order valence-electron chi connectivity index (χ0n) is 38.8. The molecule has 64 heavy (non-hydrogen) atoms. The van der Waals surface area contributed by atoms with Crippen molar-refractivity contribution in [3.05, 3.63) is 88.7 Å². The standard InChI is InChI=1S/C28H26N2O8.C11H25N3O3.C5H10O.C3H8/c1-27(2,3)36-14-25(34)29-13-24(33)30-15-4-7-19-18(10-15)26(35)38-28(19)20-8-5-16(31)11-22(20)37-23-12-17(32)6-9-21(23)28;1-3-15-6-7-17-9-8-16-5-4-14(13)10-11(2)12;1-3-5(2)4-6;1-3-2/h4-12,31-32H,13-14H2,1-3H3,(H,29,34)(H,30,33);10H,3-9,12-13H2,1-2H3;4-5H,3H2,1-2H3;3H2,1-2H3/b;11-10-;;. The van der Waals surface area contributed by atoms with Gasteiger partial charge in [-0.3, -0.25) is 9.59 Å². The molecule has 1 atom stereocenters. The summed E-state index contributed by atoms with van der Waals surface area (Å²) in [6.45, 7) is 21.2. The van der Waals surface area contributed by atoms with E-state index in [0.29, 0.717) is 67.7 Å². The number of esters is 1. The SMILES string of the molecule is CC(C)(C)OCC(=O)NCC(=O)Nc1ccc2c(c1)C(=O)OC21c2ccc(O)cc2Oc2cc(O)ccc21.CCC.CCC(C)C=O.CCOCCOCCOCCN(N)/C=C(/C)N. The maximum absolute atomic E-state index is 13.2. The number of anilines is 1. The van der Waals surface area contributed by atoms with E-state index in [0.717, 1.165) is 19.3 Å². The maximum atomic E-state index is 13.2. The Bertz CT molecular complexity index is 1930. The van der Waals surface area contributed by atoms with Crippen LogP contribution >= 0.6 is 0 Å². The summed E-state index contributed by atoms with van der Waals surface area (Å²) in [5.41, 5.74) is 6.34. The highest BCUT2D eigenvalue weighted by Gasteiger charge is 2.53. The monoisotopic (exact) mass is 895 g/mol. The van der Waals surface area contributed by atoms with Crippen molar-refractivity contribution in [1.29, 1.82) is 0 Å². The summed E-state index contributed by atoms with van der Waals surface area (Å²) >= 11 is 0. The fraction of sp³-hybridized carbons (Fsp3) is 0.489. The Kier molecular flexibility index (Phi) is 23.3. The molecule has 0 saturated carbocycles. The molecule has 0 radical (unpaired) electrons. The number of aldehydes is 1. The van der Waals surface area contributed by atoms with E-state index in [1.54, 1.807) is 37.4 Å². The van der Waals surface area contributed by atoms with E-state index in [2.05, 4.69) is 24.5 Å². The molecule has 0 fully saturated rings. The number of benzene rings is 3. The first-order valence-corrected chi connectivity index (χ1v) is 21.4. The summed E-state index contributed by atoms with van der Waals surface area (Å²) in [7, 11) is 0. The number of fused-ring (bicyclic) bond motifs is 6. The van der Waals surface area contributed by atoms with Crippen LogP contribution in [0.25, 0.3) is 0 Å². The molecule has 8 N–H and O–H groups in total. The van der Waals surface area contributed by atoms with Gasteiger partial charge in [0.2, 0.25) is 11.8 Å². The number of hydrogen-bond acceptors (Lipinski definition) is 15. The lowest BCUT2D eigenvalue weighted by Crippen LogP contribution is -2.37. The highest BCUT2D eigenvalue weighted by molar-refractivity contribution is 6.00. The number of nitrogens with two attached hydrogens (primary N) is 2. The van der Waals surface area contributed by atoms with Crippen LogP contribution in [0.1, 0.15) is 102 Å². The molecule has 1 unspecified atom stereocenters. The molecule has 354 valence electrons. The number of nitrogens with zero attached hydrogens (tertiary/aromatic N) is 1. The number of rotatable bonds is 18. The minimum Gasteiger partial charge on any atom is -0.508 e. The normalized spacial score (nSPS) is 13.3. The molecule has 17 heteroatoms. The first-order chi connectivity index (χ1) is 30.3. The smallest absolute Gasteiger partial charge is 0.340 e. The second-order valence-corrected chi connectivity index (χ2v) is 15.8. The van der Waals surface area contributed by atoms with Gasteiger partial charge in [-0.2, -0.15) is 0 Å². The number of phenols is 2. The van der Waals surface area contributed by atoms with Gasteiger partial charge >= 0.3 is 5.97 Å². The second kappa shape index (κ2) is 27.5. The van der Waals surface area contributed by atoms with Crippen LogP contribution in [0, 0.1) is 5.92 Å². The van der Waals surface area contributed by atoms with Gasteiger partial charge in [0.25, 0.3) is 0 Å². The Hall–Kier alpha value is -5.72. The molecule has 2 amide bonds. The molecule has 3 aromatic carbocycles. The van der Waals surface area contributed by atoms with Crippen LogP contribution in [0.5, 0.6) is 23.0 Å². The number of hydrogen-bond donors (Lipinski definition) is 6. The first-order valence-electron chi connectivity index (χ1n) is 21.4. The maximum Gasteiger partial charge on any atom is 0.340 e. The van der Waals surface area contributed by atoms with Crippen LogP contribution in [-0.2, 0) is 43.7 Å². The average Bonchev–Trinajstić information content (AvgIpc) is 3.52. The summed E-state index contributed by atoms with van der Waals surface area (Å²) < 4.78 is 33.1. The number of hydrazine groups is 1. The van der Waals surface area contributed by atoms with Crippen molar-refractivity contribution in [2.24, 2.45) is 17.5 Å². The zero-order chi connectivity index (χ0) is 47.9. The summed E-state index contributed by atoms with van der Waals surface area (Å²) in [5, 5.41) is 26.7. The minimum atomic E-state index is -1.39. The van der Waals surface area contributed by atoms with E-state index in [1.165, 1.54) is 41.8 Å². The van der Waals surface area contributed by atoms with Gasteiger partial charge < -0.3 is 64.8 Å². The number of carbonyl (C=O) groups excluding carboxylic acids is 4. The van der Waals surface area contributed by atoms with Gasteiger partial charge in [-0.15, -0.1) is 0 Å². The highest BCUT2D eigenvalue weighted by Crippen LogP contribution is 2.57. The number of phenolic OH excluding ortho intramolecular Hbond substituents is 2. The van der Waals surface area contributed by atoms with Crippen molar-refractivity contribution < 1.29 is 57.8 Å². The summed E-state index contributed by atoms with van der Waals surface area (Å²) in [6, 6.07) is 13.8. The third kappa shape index (κ3) is 17.8. The van der Waals surface area contributed by atoms with Gasteiger partial charge in [0.05, 0.1) is 57.3 Å². The largest absolute Gasteiger partial charge is 0.508 e. The Morgan fingerprint density at radius 2 is 1.41 bits per heavy atom. The van der Waals surface area contributed by atoms with Crippen molar-refractivity contribution >= 4 is 29.8 Å². The van der Waals surface area contributed by atoms with Gasteiger partial charge in [0.15, 0.2) is 5.60 Å². The second-order valence-electron chi connectivity index (χ2n) is 15.8. The molecular formula is C47H69N5O12. The van der Waals surface area contributed by atoms with E-state index in [4.69, 9.17) is 40.0 Å². The number of allylic oxidation sites excluding steroid dienone is 1. The molecule has 0 aliphatic carbocycles. The van der Waals surface area contributed by atoms with Gasteiger partial charge in [0.1, 0.15) is 35.9 Å². The Morgan fingerprint density at radius 3 is 1.91 bits per heavy atom. The van der Waals surface area contributed by atoms with Crippen molar-refractivity contribution in [3.8, 4) is 23.0 Å². The molecule has 0 bridgehead atoms. The van der Waals surface area contributed by atoms with E-state index in [-0.39, 0.29) is 47.6 Å².